The molecule has 2 rings (SSSR count). The van der Waals surface area contributed by atoms with Gasteiger partial charge in [0, 0.05) is 45.0 Å². The van der Waals surface area contributed by atoms with Crippen molar-refractivity contribution in [3.05, 3.63) is 16.1 Å². The van der Waals surface area contributed by atoms with E-state index < -0.39 is 5.60 Å². The molecule has 0 unspecified atom stereocenters. The second-order valence-corrected chi connectivity index (χ2v) is 6.78. The molecule has 1 aromatic rings. The molecule has 0 spiro atoms. The quantitative estimate of drug-likeness (QED) is 0.632. The van der Waals surface area contributed by atoms with Crippen molar-refractivity contribution in [2.24, 2.45) is 4.99 Å². The zero-order chi connectivity index (χ0) is 16.0. The lowest BCUT2D eigenvalue weighted by molar-refractivity contribution is -0.0566. The van der Waals surface area contributed by atoms with Gasteiger partial charge in [0.1, 0.15) is 0 Å². The Morgan fingerprint density at radius 3 is 2.86 bits per heavy atom. The zero-order valence-electron chi connectivity index (χ0n) is 13.6. The summed E-state index contributed by atoms with van der Waals surface area (Å²) in [5.74, 6) is 0.799. The summed E-state index contributed by atoms with van der Waals surface area (Å²) in [5, 5.41) is 16.9. The van der Waals surface area contributed by atoms with Crippen LogP contribution < -0.4 is 5.32 Å². The highest BCUT2D eigenvalue weighted by molar-refractivity contribution is 7.09. The second kappa shape index (κ2) is 7.89. The molecule has 0 atom stereocenters. The van der Waals surface area contributed by atoms with E-state index in [1.807, 2.05) is 25.8 Å². The molecule has 2 N–H and O–H groups in total. The fourth-order valence-corrected chi connectivity index (χ4v) is 3.00. The van der Waals surface area contributed by atoms with Gasteiger partial charge in [-0.05, 0) is 13.8 Å². The normalized spacial score (nSPS) is 18.3. The maximum Gasteiger partial charge on any atom is 0.194 e. The summed E-state index contributed by atoms with van der Waals surface area (Å²) in [6.07, 6.45) is 1.29. The van der Waals surface area contributed by atoms with Crippen molar-refractivity contribution in [1.29, 1.82) is 0 Å². The first-order valence-electron chi connectivity index (χ1n) is 7.73. The SMILES string of the molecule is CCNC(=NCC1(O)CCOCC1)N(C)Cc1csc(C)n1. The Balaban J connectivity index is 1.99. The minimum Gasteiger partial charge on any atom is -0.388 e. The maximum atomic E-state index is 10.5. The fraction of sp³-hybridized carbons (Fsp3) is 0.733. The largest absolute Gasteiger partial charge is 0.388 e. The first-order valence-corrected chi connectivity index (χ1v) is 8.61. The van der Waals surface area contributed by atoms with E-state index in [9.17, 15) is 5.11 Å². The first-order chi connectivity index (χ1) is 10.5. The van der Waals surface area contributed by atoms with E-state index in [0.717, 1.165) is 23.2 Å². The zero-order valence-corrected chi connectivity index (χ0v) is 14.4. The van der Waals surface area contributed by atoms with Crippen LogP contribution in [-0.2, 0) is 11.3 Å². The van der Waals surface area contributed by atoms with Crippen LogP contribution in [-0.4, -0.2) is 59.9 Å². The van der Waals surface area contributed by atoms with Crippen LogP contribution >= 0.6 is 11.3 Å². The minimum absolute atomic E-state index is 0.402. The van der Waals surface area contributed by atoms with Crippen LogP contribution in [0.4, 0.5) is 0 Å². The molecular formula is C15H26N4O2S. The summed E-state index contributed by atoms with van der Waals surface area (Å²) in [6.45, 7) is 7.16. The molecule has 0 saturated carbocycles. The van der Waals surface area contributed by atoms with Crippen LogP contribution in [0.2, 0.25) is 0 Å². The van der Waals surface area contributed by atoms with E-state index in [2.05, 4.69) is 20.7 Å². The van der Waals surface area contributed by atoms with Crippen molar-refractivity contribution in [2.75, 3.05) is 33.4 Å². The molecule has 1 aliphatic heterocycles. The van der Waals surface area contributed by atoms with Gasteiger partial charge in [-0.15, -0.1) is 11.3 Å². The number of ether oxygens (including phenoxy) is 1. The number of thiazole rings is 1. The summed E-state index contributed by atoms with van der Waals surface area (Å²) in [4.78, 5) is 11.1. The number of aryl methyl sites for hydroxylation is 1. The number of aliphatic hydroxyl groups is 1. The summed E-state index contributed by atoms with van der Waals surface area (Å²) in [7, 11) is 1.99. The van der Waals surface area contributed by atoms with Crippen LogP contribution in [0.3, 0.4) is 0 Å². The molecule has 1 fully saturated rings. The van der Waals surface area contributed by atoms with E-state index in [-0.39, 0.29) is 0 Å². The Morgan fingerprint density at radius 2 is 2.27 bits per heavy atom. The van der Waals surface area contributed by atoms with E-state index in [4.69, 9.17) is 4.74 Å². The molecule has 0 aliphatic carbocycles. The molecule has 0 amide bonds. The molecule has 124 valence electrons. The standard InChI is InChI=1S/C15H26N4O2S/c1-4-16-14(17-11-15(20)5-7-21-8-6-15)19(3)9-13-10-22-12(2)18-13/h10,20H,4-9,11H2,1-3H3,(H,16,17). The van der Waals surface area contributed by atoms with Crippen LogP contribution in [0.15, 0.2) is 10.4 Å². The number of nitrogens with zero attached hydrogens (tertiary/aromatic N) is 3. The number of rotatable bonds is 5. The van der Waals surface area contributed by atoms with Crippen LogP contribution in [0.5, 0.6) is 0 Å². The average Bonchev–Trinajstić information content (AvgIpc) is 2.89. The highest BCUT2D eigenvalue weighted by Gasteiger charge is 2.29. The van der Waals surface area contributed by atoms with Crippen molar-refractivity contribution in [1.82, 2.24) is 15.2 Å². The Labute approximate surface area is 136 Å². The monoisotopic (exact) mass is 326 g/mol. The smallest absolute Gasteiger partial charge is 0.194 e. The lowest BCUT2D eigenvalue weighted by atomic mass is 9.95. The summed E-state index contributed by atoms with van der Waals surface area (Å²) >= 11 is 1.65. The summed E-state index contributed by atoms with van der Waals surface area (Å²) in [5.41, 5.74) is 0.303. The molecule has 6 nitrogen and oxygen atoms in total. The van der Waals surface area contributed by atoms with Gasteiger partial charge in [0.2, 0.25) is 0 Å². The van der Waals surface area contributed by atoms with E-state index in [1.54, 1.807) is 11.3 Å². The van der Waals surface area contributed by atoms with Gasteiger partial charge in [0.05, 0.1) is 29.4 Å². The van der Waals surface area contributed by atoms with Crippen molar-refractivity contribution in [3.8, 4) is 0 Å². The topological polar surface area (TPSA) is 70.0 Å². The van der Waals surface area contributed by atoms with Gasteiger partial charge in [-0.2, -0.15) is 0 Å². The van der Waals surface area contributed by atoms with Crippen molar-refractivity contribution in [2.45, 2.75) is 38.8 Å². The number of hydrogen-bond donors (Lipinski definition) is 2. The minimum atomic E-state index is -0.739. The van der Waals surface area contributed by atoms with E-state index >= 15 is 0 Å². The number of hydrogen-bond acceptors (Lipinski definition) is 5. The lowest BCUT2D eigenvalue weighted by Gasteiger charge is -2.31. The van der Waals surface area contributed by atoms with Crippen molar-refractivity contribution >= 4 is 17.3 Å². The van der Waals surface area contributed by atoms with Gasteiger partial charge in [-0.3, -0.25) is 4.99 Å². The van der Waals surface area contributed by atoms with Crippen LogP contribution in [0.25, 0.3) is 0 Å². The molecule has 1 saturated heterocycles. The Kier molecular flexibility index (Phi) is 6.16. The molecule has 2 heterocycles. The third-order valence-corrected chi connectivity index (χ3v) is 4.53. The first kappa shape index (κ1) is 17.2. The molecule has 0 aromatic carbocycles. The van der Waals surface area contributed by atoms with Crippen molar-refractivity contribution in [3.63, 3.8) is 0 Å². The van der Waals surface area contributed by atoms with Gasteiger partial charge in [-0.25, -0.2) is 4.98 Å². The third kappa shape index (κ3) is 4.93. The van der Waals surface area contributed by atoms with Crippen LogP contribution in [0, 0.1) is 6.92 Å². The average molecular weight is 326 g/mol. The number of guanidine groups is 1. The van der Waals surface area contributed by atoms with Gasteiger partial charge in [0.25, 0.3) is 0 Å². The van der Waals surface area contributed by atoms with Gasteiger partial charge in [-0.1, -0.05) is 0 Å². The number of aromatic nitrogens is 1. The summed E-state index contributed by atoms with van der Waals surface area (Å²) in [6, 6.07) is 0. The Hall–Kier alpha value is -1.18. The molecule has 0 radical (unpaired) electrons. The highest BCUT2D eigenvalue weighted by Crippen LogP contribution is 2.20. The van der Waals surface area contributed by atoms with E-state index in [0.29, 0.717) is 39.1 Å². The number of aliphatic imine (C=N–C) groups is 1. The number of nitrogens with one attached hydrogen (secondary N) is 1. The van der Waals surface area contributed by atoms with Crippen molar-refractivity contribution < 1.29 is 9.84 Å². The fourth-order valence-electron chi connectivity index (χ4n) is 2.40. The molecule has 22 heavy (non-hydrogen) atoms. The predicted molar refractivity (Wildman–Crippen MR) is 89.3 cm³/mol. The van der Waals surface area contributed by atoms with E-state index in [1.165, 1.54) is 0 Å². The Morgan fingerprint density at radius 1 is 1.55 bits per heavy atom. The van der Waals surface area contributed by atoms with Gasteiger partial charge < -0.3 is 20.1 Å². The molecule has 0 bridgehead atoms. The summed E-state index contributed by atoms with van der Waals surface area (Å²) < 4.78 is 5.31. The van der Waals surface area contributed by atoms with Gasteiger partial charge >= 0.3 is 0 Å². The molecule has 1 aromatic heterocycles. The molecular weight excluding hydrogens is 300 g/mol. The second-order valence-electron chi connectivity index (χ2n) is 5.72. The maximum absolute atomic E-state index is 10.5. The predicted octanol–water partition coefficient (Wildman–Crippen LogP) is 1.39. The third-order valence-electron chi connectivity index (χ3n) is 3.71. The molecule has 7 heteroatoms. The Bertz CT molecular complexity index is 497. The van der Waals surface area contributed by atoms with Gasteiger partial charge in [0.15, 0.2) is 5.96 Å². The highest BCUT2D eigenvalue weighted by atomic mass is 32.1. The molecule has 1 aliphatic rings. The van der Waals surface area contributed by atoms with Crippen LogP contribution in [0.1, 0.15) is 30.5 Å². The lowest BCUT2D eigenvalue weighted by Crippen LogP contribution is -2.43.